The van der Waals surface area contributed by atoms with Crippen LogP contribution in [-0.2, 0) is 14.6 Å². The lowest BCUT2D eigenvalue weighted by atomic mass is 9.93. The van der Waals surface area contributed by atoms with E-state index in [1.165, 1.54) is 12.1 Å². The number of sulfone groups is 1. The third-order valence-electron chi connectivity index (χ3n) is 4.70. The lowest BCUT2D eigenvalue weighted by molar-refractivity contribution is -0.119. The summed E-state index contributed by atoms with van der Waals surface area (Å²) in [5.41, 5.74) is 0.400. The lowest BCUT2D eigenvalue weighted by Crippen LogP contribution is -2.36. The van der Waals surface area contributed by atoms with Crippen LogP contribution in [0, 0.1) is 5.41 Å². The number of benzene rings is 2. The molecule has 26 heavy (non-hydrogen) atoms. The van der Waals surface area contributed by atoms with E-state index in [2.05, 4.69) is 21.2 Å². The quantitative estimate of drug-likeness (QED) is 0.697. The molecule has 1 aliphatic rings. The molecule has 1 aliphatic carbocycles. The maximum Gasteiger partial charge on any atom is 0.235 e. The first-order chi connectivity index (χ1) is 12.3. The minimum atomic E-state index is -3.71. The van der Waals surface area contributed by atoms with Gasteiger partial charge in [0.15, 0.2) is 9.84 Å². The van der Waals surface area contributed by atoms with Crippen LogP contribution in [0.1, 0.15) is 24.5 Å². The second-order valence-electron chi connectivity index (χ2n) is 6.67. The van der Waals surface area contributed by atoms with Crippen LogP contribution < -0.4 is 5.32 Å². The highest BCUT2D eigenvalue weighted by Crippen LogP contribution is 2.54. The molecular weight excluding hydrogens is 418 g/mol. The van der Waals surface area contributed by atoms with Crippen molar-refractivity contribution in [2.75, 3.05) is 12.3 Å². The van der Waals surface area contributed by atoms with Gasteiger partial charge in [0, 0.05) is 16.4 Å². The molecule has 1 atom stereocenters. The Morgan fingerprint density at radius 2 is 1.85 bits per heavy atom. The van der Waals surface area contributed by atoms with Crippen LogP contribution in [0.4, 0.5) is 0 Å². The van der Waals surface area contributed by atoms with Crippen LogP contribution in [0.2, 0.25) is 0 Å². The van der Waals surface area contributed by atoms with Gasteiger partial charge in [-0.15, -0.1) is 0 Å². The summed E-state index contributed by atoms with van der Waals surface area (Å²) in [5, 5.41) is 13.3. The molecule has 2 N–H and O–H groups in total. The number of carbonyl (C=O) groups is 1. The Balaban J connectivity index is 1.61. The summed E-state index contributed by atoms with van der Waals surface area (Å²) in [4.78, 5) is 12.3. The van der Waals surface area contributed by atoms with Gasteiger partial charge in [0.25, 0.3) is 0 Å². The topological polar surface area (TPSA) is 83.5 Å². The number of nitrogens with one attached hydrogen (secondary N) is 1. The Bertz CT molecular complexity index is 895. The minimum Gasteiger partial charge on any atom is -0.388 e. The standard InChI is InChI=1S/C19H20BrNO4S/c20-15-7-4-8-16(11-15)26(24,25)12-17(22)21-13-19(9-10-19)18(23)14-5-2-1-3-6-14/h1-8,11,18,23H,9-10,12-13H2,(H,21,22). The zero-order chi connectivity index (χ0) is 18.8. The molecule has 1 saturated carbocycles. The van der Waals surface area contributed by atoms with Gasteiger partial charge in [-0.2, -0.15) is 0 Å². The second-order valence-corrected chi connectivity index (χ2v) is 9.57. The zero-order valence-corrected chi connectivity index (χ0v) is 16.5. The van der Waals surface area contributed by atoms with Crippen molar-refractivity contribution in [1.29, 1.82) is 0 Å². The van der Waals surface area contributed by atoms with Crippen molar-refractivity contribution in [3.63, 3.8) is 0 Å². The molecule has 0 heterocycles. The van der Waals surface area contributed by atoms with Crippen LogP contribution in [0.5, 0.6) is 0 Å². The highest BCUT2D eigenvalue weighted by molar-refractivity contribution is 9.10. The van der Waals surface area contributed by atoms with Crippen molar-refractivity contribution < 1.29 is 18.3 Å². The molecule has 3 rings (SSSR count). The number of aliphatic hydroxyl groups excluding tert-OH is 1. The van der Waals surface area contributed by atoms with Gasteiger partial charge >= 0.3 is 0 Å². The maximum atomic E-state index is 12.4. The number of hydrogen-bond donors (Lipinski definition) is 2. The van der Waals surface area contributed by atoms with E-state index in [-0.39, 0.29) is 11.4 Å². The molecule has 1 amide bonds. The van der Waals surface area contributed by atoms with Crippen LogP contribution >= 0.6 is 15.9 Å². The van der Waals surface area contributed by atoms with E-state index in [9.17, 15) is 18.3 Å². The van der Waals surface area contributed by atoms with Gasteiger partial charge in [0.05, 0.1) is 11.0 Å². The smallest absolute Gasteiger partial charge is 0.235 e. The SMILES string of the molecule is O=C(CS(=O)(=O)c1cccc(Br)c1)NCC1(C(O)c2ccccc2)CC1. The summed E-state index contributed by atoms with van der Waals surface area (Å²) < 4.78 is 25.4. The van der Waals surface area contributed by atoms with E-state index in [1.807, 2.05) is 30.3 Å². The Morgan fingerprint density at radius 3 is 2.46 bits per heavy atom. The van der Waals surface area contributed by atoms with Crippen LogP contribution in [-0.4, -0.2) is 31.7 Å². The highest BCUT2D eigenvalue weighted by atomic mass is 79.9. The fraction of sp³-hybridized carbons (Fsp3) is 0.316. The highest BCUT2D eigenvalue weighted by Gasteiger charge is 2.49. The molecule has 2 aromatic rings. The molecule has 0 saturated heterocycles. The van der Waals surface area contributed by atoms with E-state index < -0.39 is 33.0 Å². The molecule has 1 unspecified atom stereocenters. The van der Waals surface area contributed by atoms with Crippen molar-refractivity contribution in [3.05, 3.63) is 64.6 Å². The summed E-state index contributed by atoms with van der Waals surface area (Å²) in [6.45, 7) is 0.260. The molecule has 0 aromatic heterocycles. The molecule has 0 bridgehead atoms. The average Bonchev–Trinajstić information content (AvgIpc) is 3.41. The van der Waals surface area contributed by atoms with Gasteiger partial charge in [-0.3, -0.25) is 4.79 Å². The molecular formula is C19H20BrNO4S. The fourth-order valence-electron chi connectivity index (χ4n) is 2.94. The first-order valence-electron chi connectivity index (χ1n) is 8.30. The summed E-state index contributed by atoms with van der Waals surface area (Å²) >= 11 is 3.23. The fourth-order valence-corrected chi connectivity index (χ4v) is 4.70. The average molecular weight is 438 g/mol. The summed E-state index contributed by atoms with van der Waals surface area (Å²) in [6, 6.07) is 15.6. The molecule has 0 aliphatic heterocycles. The van der Waals surface area contributed by atoms with Crippen LogP contribution in [0.25, 0.3) is 0 Å². The molecule has 1 fully saturated rings. The van der Waals surface area contributed by atoms with Crippen molar-refractivity contribution in [2.45, 2.75) is 23.8 Å². The van der Waals surface area contributed by atoms with Crippen molar-refractivity contribution in [3.8, 4) is 0 Å². The van der Waals surface area contributed by atoms with Crippen LogP contribution in [0.3, 0.4) is 0 Å². The van der Waals surface area contributed by atoms with Gasteiger partial charge in [-0.1, -0.05) is 52.3 Å². The summed E-state index contributed by atoms with van der Waals surface area (Å²) in [6.07, 6.45) is 0.911. The number of amides is 1. The molecule has 0 radical (unpaired) electrons. The van der Waals surface area contributed by atoms with Crippen molar-refractivity contribution in [2.24, 2.45) is 5.41 Å². The third-order valence-corrected chi connectivity index (χ3v) is 6.81. The van der Waals surface area contributed by atoms with E-state index in [1.54, 1.807) is 12.1 Å². The Morgan fingerprint density at radius 1 is 1.15 bits per heavy atom. The van der Waals surface area contributed by atoms with Gasteiger partial charge < -0.3 is 10.4 Å². The predicted octanol–water partition coefficient (Wildman–Crippen LogP) is 2.85. The van der Waals surface area contributed by atoms with Gasteiger partial charge in [0.1, 0.15) is 5.75 Å². The molecule has 5 nitrogen and oxygen atoms in total. The summed E-state index contributed by atoms with van der Waals surface area (Å²) in [7, 11) is -3.71. The van der Waals surface area contributed by atoms with Gasteiger partial charge in [-0.05, 0) is 36.6 Å². The molecule has 138 valence electrons. The molecule has 2 aromatic carbocycles. The third kappa shape index (κ3) is 4.34. The van der Waals surface area contributed by atoms with E-state index in [4.69, 9.17) is 0 Å². The first-order valence-corrected chi connectivity index (χ1v) is 10.7. The van der Waals surface area contributed by atoms with Gasteiger partial charge in [0.2, 0.25) is 5.91 Å². The minimum absolute atomic E-state index is 0.104. The van der Waals surface area contributed by atoms with Crippen LogP contribution in [0.15, 0.2) is 64.0 Å². The summed E-state index contributed by atoms with van der Waals surface area (Å²) in [5.74, 6) is -1.17. The van der Waals surface area contributed by atoms with Gasteiger partial charge in [-0.25, -0.2) is 8.42 Å². The first kappa shape index (κ1) is 19.1. The number of hydrogen-bond acceptors (Lipinski definition) is 4. The second kappa shape index (κ2) is 7.50. The Labute approximate surface area is 161 Å². The van der Waals surface area contributed by atoms with Crippen molar-refractivity contribution in [1.82, 2.24) is 5.32 Å². The molecule has 0 spiro atoms. The largest absolute Gasteiger partial charge is 0.388 e. The zero-order valence-electron chi connectivity index (χ0n) is 14.1. The van der Waals surface area contributed by atoms with E-state index >= 15 is 0 Å². The number of halogens is 1. The van der Waals surface area contributed by atoms with Crippen molar-refractivity contribution >= 4 is 31.7 Å². The predicted molar refractivity (Wildman–Crippen MR) is 102 cm³/mol. The molecule has 7 heteroatoms. The number of aliphatic hydroxyl groups is 1. The maximum absolute atomic E-state index is 12.4. The number of carbonyl (C=O) groups excluding carboxylic acids is 1. The lowest BCUT2D eigenvalue weighted by Gasteiger charge is -2.23. The normalized spacial score (nSPS) is 16.7. The van der Waals surface area contributed by atoms with E-state index in [0.717, 1.165) is 18.4 Å². The Hall–Kier alpha value is -1.70. The van der Waals surface area contributed by atoms with E-state index in [0.29, 0.717) is 4.47 Å². The monoisotopic (exact) mass is 437 g/mol. The Kier molecular flexibility index (Phi) is 5.50. The number of rotatable bonds is 7.